The number of rotatable bonds is 3. The Bertz CT molecular complexity index is 2480. The molecule has 0 saturated heterocycles. The SMILES string of the molecule is c1ccc(-c2c3ccccc3c(-c3ccc4c(c3)c3ccccc3n4-c3ccccc3)c3ccc4ccccc4c23)cc1. The van der Waals surface area contributed by atoms with Gasteiger partial charge in [0.25, 0.3) is 0 Å². The van der Waals surface area contributed by atoms with Gasteiger partial charge in [-0.3, -0.25) is 0 Å². The predicted octanol–water partition coefficient (Wildman–Crippen LogP) is 11.6. The molecular weight excluding hydrogens is 518 g/mol. The molecule has 1 heterocycles. The molecule has 0 radical (unpaired) electrons. The van der Waals surface area contributed by atoms with E-state index in [1.807, 2.05) is 0 Å². The average Bonchev–Trinajstić information content (AvgIpc) is 3.41. The van der Waals surface area contributed by atoms with Crippen LogP contribution in [0, 0.1) is 0 Å². The molecule has 0 aliphatic carbocycles. The van der Waals surface area contributed by atoms with Crippen LogP contribution in [0.5, 0.6) is 0 Å². The monoisotopic (exact) mass is 545 g/mol. The molecule has 43 heavy (non-hydrogen) atoms. The van der Waals surface area contributed by atoms with E-state index in [4.69, 9.17) is 0 Å². The first-order valence-corrected chi connectivity index (χ1v) is 14.9. The lowest BCUT2D eigenvalue weighted by Gasteiger charge is -2.19. The molecule has 1 nitrogen and oxygen atoms in total. The highest BCUT2D eigenvalue weighted by Crippen LogP contribution is 2.47. The molecule has 0 spiro atoms. The van der Waals surface area contributed by atoms with Gasteiger partial charge in [-0.1, -0.05) is 133 Å². The lowest BCUT2D eigenvalue weighted by atomic mass is 9.84. The van der Waals surface area contributed by atoms with Crippen LogP contribution < -0.4 is 0 Å². The summed E-state index contributed by atoms with van der Waals surface area (Å²) in [5.41, 5.74) is 8.68. The Hall–Kier alpha value is -5.66. The second-order valence-electron chi connectivity index (χ2n) is 11.3. The van der Waals surface area contributed by atoms with Crippen LogP contribution in [0.4, 0.5) is 0 Å². The second-order valence-corrected chi connectivity index (χ2v) is 11.3. The number of hydrogen-bond acceptors (Lipinski definition) is 0. The predicted molar refractivity (Wildman–Crippen MR) is 184 cm³/mol. The maximum Gasteiger partial charge on any atom is 0.0541 e. The minimum absolute atomic E-state index is 1.18. The molecular formula is C42H27N. The third-order valence-electron chi connectivity index (χ3n) is 8.95. The van der Waals surface area contributed by atoms with Gasteiger partial charge in [0.2, 0.25) is 0 Å². The van der Waals surface area contributed by atoms with Gasteiger partial charge in [-0.25, -0.2) is 0 Å². The van der Waals surface area contributed by atoms with Gasteiger partial charge in [-0.15, -0.1) is 0 Å². The van der Waals surface area contributed by atoms with Crippen molar-refractivity contribution >= 4 is 54.1 Å². The van der Waals surface area contributed by atoms with Crippen molar-refractivity contribution in [2.24, 2.45) is 0 Å². The zero-order valence-corrected chi connectivity index (χ0v) is 23.5. The van der Waals surface area contributed by atoms with Gasteiger partial charge in [-0.05, 0) is 84.9 Å². The maximum atomic E-state index is 2.41. The highest BCUT2D eigenvalue weighted by atomic mass is 15.0. The molecule has 9 rings (SSSR count). The number of benzene rings is 8. The topological polar surface area (TPSA) is 4.93 Å². The molecule has 0 fully saturated rings. The third kappa shape index (κ3) is 3.58. The maximum absolute atomic E-state index is 2.41. The summed E-state index contributed by atoms with van der Waals surface area (Å²) in [6, 6.07) is 59.7. The van der Waals surface area contributed by atoms with E-state index in [9.17, 15) is 0 Å². The van der Waals surface area contributed by atoms with E-state index in [-0.39, 0.29) is 0 Å². The van der Waals surface area contributed by atoms with Crippen molar-refractivity contribution in [2.45, 2.75) is 0 Å². The standard InChI is InChI=1S/C42H27N/c1-3-14-29(15-4-1)41-35-21-10-9-20-34(35)40(36-25-23-28-13-7-8-18-32(28)42(36)41)30-24-26-39-37(27-30)33-19-11-12-22-38(33)43(39)31-16-5-2-6-17-31/h1-27H. The molecule has 0 saturated carbocycles. The van der Waals surface area contributed by atoms with Gasteiger partial charge in [0.05, 0.1) is 11.0 Å². The van der Waals surface area contributed by atoms with E-state index in [2.05, 4.69) is 168 Å². The van der Waals surface area contributed by atoms with Gasteiger partial charge in [-0.2, -0.15) is 0 Å². The lowest BCUT2D eigenvalue weighted by molar-refractivity contribution is 1.18. The lowest BCUT2D eigenvalue weighted by Crippen LogP contribution is -1.93. The summed E-state index contributed by atoms with van der Waals surface area (Å²) in [7, 11) is 0. The van der Waals surface area contributed by atoms with Crippen LogP contribution in [0.1, 0.15) is 0 Å². The fourth-order valence-electron chi connectivity index (χ4n) is 7.15. The molecule has 0 N–H and O–H groups in total. The largest absolute Gasteiger partial charge is 0.309 e. The number of hydrogen-bond donors (Lipinski definition) is 0. The van der Waals surface area contributed by atoms with E-state index in [0.29, 0.717) is 0 Å². The van der Waals surface area contributed by atoms with Crippen LogP contribution in [0.2, 0.25) is 0 Å². The summed E-state index contributed by atoms with van der Waals surface area (Å²) in [6.45, 7) is 0. The Balaban J connectivity index is 1.44. The highest BCUT2D eigenvalue weighted by molar-refractivity contribution is 6.28. The summed E-state index contributed by atoms with van der Waals surface area (Å²) >= 11 is 0. The Labute approximate surface area is 249 Å². The zero-order valence-electron chi connectivity index (χ0n) is 23.5. The van der Waals surface area contributed by atoms with Crippen molar-refractivity contribution in [1.82, 2.24) is 4.57 Å². The van der Waals surface area contributed by atoms with Gasteiger partial charge < -0.3 is 4.57 Å². The molecule has 9 aromatic rings. The van der Waals surface area contributed by atoms with E-state index in [1.165, 1.54) is 82.1 Å². The molecule has 0 amide bonds. The van der Waals surface area contributed by atoms with E-state index < -0.39 is 0 Å². The van der Waals surface area contributed by atoms with Gasteiger partial charge in [0.1, 0.15) is 0 Å². The first kappa shape index (κ1) is 24.0. The van der Waals surface area contributed by atoms with Crippen molar-refractivity contribution in [3.05, 3.63) is 164 Å². The molecule has 1 heteroatoms. The molecule has 0 bridgehead atoms. The van der Waals surface area contributed by atoms with Gasteiger partial charge in [0, 0.05) is 16.5 Å². The van der Waals surface area contributed by atoms with E-state index in [1.54, 1.807) is 0 Å². The highest BCUT2D eigenvalue weighted by Gasteiger charge is 2.20. The summed E-state index contributed by atoms with van der Waals surface area (Å²) in [5.74, 6) is 0. The third-order valence-corrected chi connectivity index (χ3v) is 8.95. The first-order chi connectivity index (χ1) is 21.4. The molecule has 0 aliphatic heterocycles. The normalized spacial score (nSPS) is 11.7. The summed E-state index contributed by atoms with van der Waals surface area (Å²) in [4.78, 5) is 0. The second kappa shape index (κ2) is 9.44. The van der Waals surface area contributed by atoms with Crippen LogP contribution >= 0.6 is 0 Å². The summed E-state index contributed by atoms with van der Waals surface area (Å²) < 4.78 is 2.39. The van der Waals surface area contributed by atoms with Crippen molar-refractivity contribution in [1.29, 1.82) is 0 Å². The zero-order chi connectivity index (χ0) is 28.3. The van der Waals surface area contributed by atoms with Crippen LogP contribution in [0.15, 0.2) is 164 Å². The average molecular weight is 546 g/mol. The minimum Gasteiger partial charge on any atom is -0.309 e. The Kier molecular flexibility index (Phi) is 5.27. The van der Waals surface area contributed by atoms with E-state index >= 15 is 0 Å². The van der Waals surface area contributed by atoms with E-state index in [0.717, 1.165) is 0 Å². The molecule has 0 atom stereocenters. The Morgan fingerprint density at radius 2 is 0.930 bits per heavy atom. The Morgan fingerprint density at radius 3 is 1.72 bits per heavy atom. The molecule has 1 aromatic heterocycles. The van der Waals surface area contributed by atoms with Crippen LogP contribution in [0.3, 0.4) is 0 Å². The Morgan fingerprint density at radius 1 is 0.326 bits per heavy atom. The van der Waals surface area contributed by atoms with Gasteiger partial charge >= 0.3 is 0 Å². The van der Waals surface area contributed by atoms with Crippen LogP contribution in [-0.2, 0) is 0 Å². The molecule has 0 unspecified atom stereocenters. The fraction of sp³-hybridized carbons (Fsp3) is 0. The first-order valence-electron chi connectivity index (χ1n) is 14.9. The molecule has 200 valence electrons. The minimum atomic E-state index is 1.18. The molecule has 8 aromatic carbocycles. The fourth-order valence-corrected chi connectivity index (χ4v) is 7.15. The number of fused-ring (bicyclic) bond motifs is 7. The van der Waals surface area contributed by atoms with Crippen molar-refractivity contribution in [3.8, 4) is 27.9 Å². The summed E-state index contributed by atoms with van der Waals surface area (Å²) in [6.07, 6.45) is 0. The van der Waals surface area contributed by atoms with Crippen molar-refractivity contribution in [3.63, 3.8) is 0 Å². The van der Waals surface area contributed by atoms with Crippen molar-refractivity contribution < 1.29 is 0 Å². The number of aromatic nitrogens is 1. The number of para-hydroxylation sites is 2. The summed E-state index contributed by atoms with van der Waals surface area (Å²) in [5, 5.41) is 10.2. The molecule has 0 aliphatic rings. The smallest absolute Gasteiger partial charge is 0.0541 e. The van der Waals surface area contributed by atoms with Crippen LogP contribution in [-0.4, -0.2) is 4.57 Å². The quantitative estimate of drug-likeness (QED) is 0.154. The van der Waals surface area contributed by atoms with Crippen molar-refractivity contribution in [2.75, 3.05) is 0 Å². The van der Waals surface area contributed by atoms with Crippen LogP contribution in [0.25, 0.3) is 82.1 Å². The van der Waals surface area contributed by atoms with Gasteiger partial charge in [0.15, 0.2) is 0 Å². The number of nitrogens with zero attached hydrogens (tertiary/aromatic N) is 1.